The van der Waals surface area contributed by atoms with E-state index in [0.29, 0.717) is 11.6 Å². The van der Waals surface area contributed by atoms with Crippen molar-refractivity contribution < 1.29 is 9.59 Å². The van der Waals surface area contributed by atoms with E-state index in [-0.39, 0.29) is 17.9 Å². The second-order valence-electron chi connectivity index (χ2n) is 6.86. The zero-order valence-electron chi connectivity index (χ0n) is 14.3. The third-order valence-electron chi connectivity index (χ3n) is 4.81. The Morgan fingerprint density at radius 1 is 1.30 bits per heavy atom. The fourth-order valence-corrected chi connectivity index (χ4v) is 4.30. The van der Waals surface area contributed by atoms with Gasteiger partial charge >= 0.3 is 0 Å². The summed E-state index contributed by atoms with van der Waals surface area (Å²) < 4.78 is 2.26. The van der Waals surface area contributed by atoms with Crippen LogP contribution in [0.5, 0.6) is 0 Å². The number of hydrogen-bond donors (Lipinski definition) is 0. The molecular weight excluding hydrogens is 310 g/mol. The smallest absolute Gasteiger partial charge is 0.257 e. The Kier molecular flexibility index (Phi) is 4.45. The maximum Gasteiger partial charge on any atom is 0.257 e. The Hall–Kier alpha value is -1.43. The molecule has 1 saturated carbocycles. The largest absolute Gasteiger partial charge is 0.348 e. The molecule has 1 aromatic rings. The third-order valence-corrected chi connectivity index (χ3v) is 5.82. The number of carbonyl (C=O) groups excluding carboxylic acids is 2. The summed E-state index contributed by atoms with van der Waals surface area (Å²) in [5.74, 6) is 2.05. The van der Waals surface area contributed by atoms with Crippen LogP contribution in [0.3, 0.4) is 0 Å². The summed E-state index contributed by atoms with van der Waals surface area (Å²) in [5, 5.41) is 0. The van der Waals surface area contributed by atoms with E-state index in [1.807, 2.05) is 13.0 Å². The molecule has 0 N–H and O–H groups in total. The molecule has 2 heterocycles. The standard InChI is InChI=1S/C17H25N3O2S/c1-11-7-14(12(2)19(11)8-13-5-6-13)16(21)20-10-23-9-15(20)17(22)18(3)4/h7,13,15H,5-6,8-10H2,1-4H3. The minimum atomic E-state index is -0.339. The molecule has 2 amide bonds. The molecule has 126 valence electrons. The summed E-state index contributed by atoms with van der Waals surface area (Å²) >= 11 is 1.65. The third kappa shape index (κ3) is 3.13. The lowest BCUT2D eigenvalue weighted by atomic mass is 10.2. The molecular formula is C17H25N3O2S. The highest BCUT2D eigenvalue weighted by Gasteiger charge is 2.37. The van der Waals surface area contributed by atoms with Crippen LogP contribution in [-0.2, 0) is 11.3 Å². The lowest BCUT2D eigenvalue weighted by Crippen LogP contribution is -2.46. The van der Waals surface area contributed by atoms with Crippen LogP contribution in [0.2, 0.25) is 0 Å². The Morgan fingerprint density at radius 2 is 2.00 bits per heavy atom. The molecule has 0 bridgehead atoms. The first-order chi connectivity index (χ1) is 10.9. The summed E-state index contributed by atoms with van der Waals surface area (Å²) in [4.78, 5) is 28.6. The molecule has 0 spiro atoms. The van der Waals surface area contributed by atoms with Crippen LogP contribution in [0.4, 0.5) is 0 Å². The van der Waals surface area contributed by atoms with Gasteiger partial charge in [-0.2, -0.15) is 0 Å². The van der Waals surface area contributed by atoms with Crippen molar-refractivity contribution in [2.75, 3.05) is 25.7 Å². The van der Waals surface area contributed by atoms with Gasteiger partial charge in [0.1, 0.15) is 6.04 Å². The van der Waals surface area contributed by atoms with Gasteiger partial charge < -0.3 is 14.4 Å². The van der Waals surface area contributed by atoms with E-state index in [9.17, 15) is 9.59 Å². The van der Waals surface area contributed by atoms with E-state index < -0.39 is 0 Å². The second kappa shape index (κ2) is 6.23. The van der Waals surface area contributed by atoms with Crippen LogP contribution in [0.25, 0.3) is 0 Å². The molecule has 1 aliphatic heterocycles. The quantitative estimate of drug-likeness (QED) is 0.847. The van der Waals surface area contributed by atoms with Gasteiger partial charge in [0.15, 0.2) is 0 Å². The fourth-order valence-electron chi connectivity index (χ4n) is 3.16. The average molecular weight is 335 g/mol. The van der Waals surface area contributed by atoms with Gasteiger partial charge in [-0.25, -0.2) is 0 Å². The number of nitrogens with zero attached hydrogens (tertiary/aromatic N) is 3. The molecule has 1 unspecified atom stereocenters. The molecule has 2 fully saturated rings. The average Bonchev–Trinajstić information content (AvgIpc) is 3.12. The summed E-state index contributed by atoms with van der Waals surface area (Å²) in [6.45, 7) is 5.10. The van der Waals surface area contributed by atoms with Gasteiger partial charge in [-0.3, -0.25) is 9.59 Å². The zero-order valence-corrected chi connectivity index (χ0v) is 15.2. The minimum Gasteiger partial charge on any atom is -0.348 e. The zero-order chi connectivity index (χ0) is 16.7. The van der Waals surface area contributed by atoms with Gasteiger partial charge in [-0.15, -0.1) is 11.8 Å². The van der Waals surface area contributed by atoms with Gasteiger partial charge in [-0.1, -0.05) is 0 Å². The first-order valence-corrected chi connectivity index (χ1v) is 9.32. The molecule has 1 saturated heterocycles. The number of thioether (sulfide) groups is 1. The van der Waals surface area contributed by atoms with E-state index in [1.54, 1.807) is 35.7 Å². The highest BCUT2D eigenvalue weighted by Crippen LogP contribution is 2.33. The Bertz CT molecular complexity index is 634. The van der Waals surface area contributed by atoms with E-state index in [4.69, 9.17) is 0 Å². The normalized spacial score (nSPS) is 20.9. The number of hydrogen-bond acceptors (Lipinski definition) is 3. The topological polar surface area (TPSA) is 45.6 Å². The molecule has 23 heavy (non-hydrogen) atoms. The van der Waals surface area contributed by atoms with Crippen molar-refractivity contribution in [2.24, 2.45) is 5.92 Å². The van der Waals surface area contributed by atoms with Crippen molar-refractivity contribution in [3.8, 4) is 0 Å². The van der Waals surface area contributed by atoms with Crippen molar-refractivity contribution in [3.05, 3.63) is 23.0 Å². The van der Waals surface area contributed by atoms with E-state index in [0.717, 1.165) is 29.4 Å². The van der Waals surface area contributed by atoms with Crippen molar-refractivity contribution >= 4 is 23.6 Å². The molecule has 0 radical (unpaired) electrons. The molecule has 5 nitrogen and oxygen atoms in total. The first-order valence-electron chi connectivity index (χ1n) is 8.16. The number of rotatable bonds is 4. The monoisotopic (exact) mass is 335 g/mol. The van der Waals surface area contributed by atoms with Crippen LogP contribution in [0, 0.1) is 19.8 Å². The van der Waals surface area contributed by atoms with Crippen LogP contribution in [0.1, 0.15) is 34.6 Å². The molecule has 2 aliphatic rings. The van der Waals surface area contributed by atoms with E-state index >= 15 is 0 Å². The fraction of sp³-hybridized carbons (Fsp3) is 0.647. The molecule has 0 aromatic carbocycles. The summed E-state index contributed by atoms with van der Waals surface area (Å²) in [7, 11) is 3.49. The van der Waals surface area contributed by atoms with E-state index in [1.165, 1.54) is 12.8 Å². The predicted molar refractivity (Wildman–Crippen MR) is 92.6 cm³/mol. The Balaban J connectivity index is 1.83. The number of aryl methyl sites for hydroxylation is 1. The summed E-state index contributed by atoms with van der Waals surface area (Å²) in [6.07, 6.45) is 2.59. The number of likely N-dealkylation sites (N-methyl/N-ethyl adjacent to an activating group) is 1. The molecule has 3 rings (SSSR count). The first kappa shape index (κ1) is 16.4. The minimum absolute atomic E-state index is 0.00894. The van der Waals surface area contributed by atoms with Crippen molar-refractivity contribution in [1.82, 2.24) is 14.4 Å². The molecule has 6 heteroatoms. The molecule has 1 aliphatic carbocycles. The van der Waals surface area contributed by atoms with Crippen molar-refractivity contribution in [2.45, 2.75) is 39.3 Å². The number of aromatic nitrogens is 1. The van der Waals surface area contributed by atoms with Crippen LogP contribution < -0.4 is 0 Å². The summed E-state index contributed by atoms with van der Waals surface area (Å²) in [6, 6.07) is 1.65. The van der Waals surface area contributed by atoms with Crippen LogP contribution in [0.15, 0.2) is 6.07 Å². The van der Waals surface area contributed by atoms with Crippen LogP contribution >= 0.6 is 11.8 Å². The van der Waals surface area contributed by atoms with E-state index in [2.05, 4.69) is 11.5 Å². The highest BCUT2D eigenvalue weighted by molar-refractivity contribution is 7.99. The maximum atomic E-state index is 13.0. The van der Waals surface area contributed by atoms with Crippen molar-refractivity contribution in [3.63, 3.8) is 0 Å². The number of amides is 2. The lowest BCUT2D eigenvalue weighted by molar-refractivity contribution is -0.132. The highest BCUT2D eigenvalue weighted by atomic mass is 32.2. The number of carbonyl (C=O) groups is 2. The summed E-state index contributed by atoms with van der Waals surface area (Å²) in [5.41, 5.74) is 2.93. The molecule has 1 aromatic heterocycles. The van der Waals surface area contributed by atoms with Crippen molar-refractivity contribution in [1.29, 1.82) is 0 Å². The SMILES string of the molecule is Cc1cc(C(=O)N2CSCC2C(=O)N(C)C)c(C)n1CC1CC1. The molecule has 1 atom stereocenters. The van der Waals surface area contributed by atoms with Gasteiger partial charge in [0, 0.05) is 37.8 Å². The van der Waals surface area contributed by atoms with Gasteiger partial charge in [0.2, 0.25) is 5.91 Å². The maximum absolute atomic E-state index is 13.0. The van der Waals surface area contributed by atoms with Crippen LogP contribution in [-0.4, -0.2) is 57.9 Å². The second-order valence-corrected chi connectivity index (χ2v) is 7.86. The van der Waals surface area contributed by atoms with Gasteiger partial charge in [0.05, 0.1) is 11.4 Å². The Morgan fingerprint density at radius 3 is 2.61 bits per heavy atom. The van der Waals surface area contributed by atoms with Gasteiger partial charge in [0.25, 0.3) is 5.91 Å². The predicted octanol–water partition coefficient (Wildman–Crippen LogP) is 2.12. The van der Waals surface area contributed by atoms with Gasteiger partial charge in [-0.05, 0) is 38.7 Å². The lowest BCUT2D eigenvalue weighted by Gasteiger charge is -2.25. The Labute approximate surface area is 142 Å².